The molecule has 0 heterocycles. The molecule has 5 nitrogen and oxygen atoms in total. The highest BCUT2D eigenvalue weighted by molar-refractivity contribution is 5.43. The minimum absolute atomic E-state index is 0.0419. The van der Waals surface area contributed by atoms with E-state index in [9.17, 15) is 10.3 Å². The molecule has 0 unspecified atom stereocenters. The molecule has 1 rings (SSSR count). The standard InChI is InChI=1S/C13H21NO4/c1-9(2)14(16)8-11(15)10-5-6-12(17-3)13(7-10)18-4/h5-7,9,11,15-16H,8H2,1-4H3/t11-/m1/s1. The molecule has 0 fully saturated rings. The fourth-order valence-electron chi connectivity index (χ4n) is 1.55. The van der Waals surface area contributed by atoms with E-state index in [1.165, 1.54) is 0 Å². The van der Waals surface area contributed by atoms with Gasteiger partial charge in [-0.1, -0.05) is 6.07 Å². The van der Waals surface area contributed by atoms with Gasteiger partial charge in [-0.25, -0.2) is 0 Å². The number of methoxy groups -OCH3 is 2. The van der Waals surface area contributed by atoms with Gasteiger partial charge in [0.2, 0.25) is 0 Å². The normalized spacial score (nSPS) is 12.9. The number of nitrogens with zero attached hydrogens (tertiary/aromatic N) is 1. The highest BCUT2D eigenvalue weighted by Gasteiger charge is 2.16. The molecule has 0 aliphatic carbocycles. The summed E-state index contributed by atoms with van der Waals surface area (Å²) in [6.07, 6.45) is -0.780. The van der Waals surface area contributed by atoms with E-state index in [1.54, 1.807) is 32.4 Å². The number of hydroxylamine groups is 2. The van der Waals surface area contributed by atoms with Crippen molar-refractivity contribution in [1.29, 1.82) is 0 Å². The largest absolute Gasteiger partial charge is 0.493 e. The van der Waals surface area contributed by atoms with Crippen LogP contribution in [0.25, 0.3) is 0 Å². The number of hydrogen-bond donors (Lipinski definition) is 2. The van der Waals surface area contributed by atoms with Crippen LogP contribution in [0.1, 0.15) is 25.5 Å². The Balaban J connectivity index is 2.83. The number of rotatable bonds is 6. The van der Waals surface area contributed by atoms with E-state index in [0.717, 1.165) is 5.06 Å². The maximum Gasteiger partial charge on any atom is 0.161 e. The summed E-state index contributed by atoms with van der Waals surface area (Å²) >= 11 is 0. The number of hydrogen-bond acceptors (Lipinski definition) is 5. The van der Waals surface area contributed by atoms with Crippen molar-refractivity contribution in [2.45, 2.75) is 26.0 Å². The van der Waals surface area contributed by atoms with Gasteiger partial charge in [-0.3, -0.25) is 0 Å². The quantitative estimate of drug-likeness (QED) is 0.759. The Morgan fingerprint density at radius 2 is 1.78 bits per heavy atom. The van der Waals surface area contributed by atoms with E-state index in [-0.39, 0.29) is 12.6 Å². The van der Waals surface area contributed by atoms with Crippen molar-refractivity contribution in [3.63, 3.8) is 0 Å². The third kappa shape index (κ3) is 3.60. The van der Waals surface area contributed by atoms with Gasteiger partial charge in [-0.05, 0) is 31.5 Å². The van der Waals surface area contributed by atoms with Crippen LogP contribution in [0, 0.1) is 0 Å². The zero-order valence-corrected chi connectivity index (χ0v) is 11.3. The van der Waals surface area contributed by atoms with Crippen LogP contribution in [-0.4, -0.2) is 42.2 Å². The highest BCUT2D eigenvalue weighted by Crippen LogP contribution is 2.30. The van der Waals surface area contributed by atoms with Gasteiger partial charge in [0.1, 0.15) is 0 Å². The molecule has 1 aromatic carbocycles. The van der Waals surface area contributed by atoms with Crippen molar-refractivity contribution < 1.29 is 19.8 Å². The topological polar surface area (TPSA) is 62.2 Å². The first-order chi connectivity index (χ1) is 8.49. The molecule has 0 saturated heterocycles. The fraction of sp³-hybridized carbons (Fsp3) is 0.538. The summed E-state index contributed by atoms with van der Waals surface area (Å²) in [6.45, 7) is 3.84. The molecular formula is C13H21NO4. The summed E-state index contributed by atoms with van der Waals surface area (Å²) in [4.78, 5) is 0. The van der Waals surface area contributed by atoms with Crippen molar-refractivity contribution in [2.75, 3.05) is 20.8 Å². The van der Waals surface area contributed by atoms with Gasteiger partial charge in [-0.2, -0.15) is 5.06 Å². The van der Waals surface area contributed by atoms with Gasteiger partial charge in [-0.15, -0.1) is 0 Å². The number of aliphatic hydroxyl groups excluding tert-OH is 1. The number of ether oxygens (including phenoxy) is 2. The number of aliphatic hydroxyl groups is 1. The molecule has 2 N–H and O–H groups in total. The highest BCUT2D eigenvalue weighted by atomic mass is 16.5. The summed E-state index contributed by atoms with van der Waals surface area (Å²) in [5.41, 5.74) is 0.673. The van der Waals surface area contributed by atoms with Gasteiger partial charge in [0.15, 0.2) is 11.5 Å². The average Bonchev–Trinajstić information content (AvgIpc) is 2.37. The predicted octanol–water partition coefficient (Wildman–Crippen LogP) is 1.84. The first-order valence-corrected chi connectivity index (χ1v) is 5.85. The van der Waals surface area contributed by atoms with Crippen molar-refractivity contribution >= 4 is 0 Å². The maximum atomic E-state index is 10.0. The van der Waals surface area contributed by atoms with Crippen LogP contribution in [0.5, 0.6) is 11.5 Å². The lowest BCUT2D eigenvalue weighted by molar-refractivity contribution is -0.137. The molecule has 102 valence electrons. The van der Waals surface area contributed by atoms with Gasteiger partial charge in [0.25, 0.3) is 0 Å². The minimum atomic E-state index is -0.780. The Morgan fingerprint density at radius 1 is 1.17 bits per heavy atom. The number of benzene rings is 1. The second kappa shape index (κ2) is 6.58. The first-order valence-electron chi connectivity index (χ1n) is 5.85. The van der Waals surface area contributed by atoms with Crippen LogP contribution in [0.15, 0.2) is 18.2 Å². The SMILES string of the molecule is COc1ccc([C@H](O)CN(O)C(C)C)cc1OC. The lowest BCUT2D eigenvalue weighted by atomic mass is 10.1. The summed E-state index contributed by atoms with van der Waals surface area (Å²) < 4.78 is 10.3. The van der Waals surface area contributed by atoms with Gasteiger partial charge in [0.05, 0.1) is 26.9 Å². The van der Waals surface area contributed by atoms with Crippen LogP contribution in [-0.2, 0) is 0 Å². The Morgan fingerprint density at radius 3 is 2.28 bits per heavy atom. The van der Waals surface area contributed by atoms with Crippen molar-refractivity contribution in [3.8, 4) is 11.5 Å². The molecule has 0 aliphatic rings. The zero-order chi connectivity index (χ0) is 13.7. The first kappa shape index (κ1) is 14.8. The predicted molar refractivity (Wildman–Crippen MR) is 68.1 cm³/mol. The van der Waals surface area contributed by atoms with Gasteiger partial charge >= 0.3 is 0 Å². The van der Waals surface area contributed by atoms with Crippen LogP contribution < -0.4 is 9.47 Å². The van der Waals surface area contributed by atoms with E-state index >= 15 is 0 Å². The Kier molecular flexibility index (Phi) is 5.40. The molecule has 1 aromatic rings. The van der Waals surface area contributed by atoms with Crippen LogP contribution in [0.4, 0.5) is 0 Å². The van der Waals surface area contributed by atoms with E-state index in [0.29, 0.717) is 17.1 Å². The Bertz CT molecular complexity index is 381. The summed E-state index contributed by atoms with van der Waals surface area (Å²) in [5, 5.41) is 20.7. The minimum Gasteiger partial charge on any atom is -0.493 e. The second-order valence-corrected chi connectivity index (χ2v) is 4.35. The monoisotopic (exact) mass is 255 g/mol. The fourth-order valence-corrected chi connectivity index (χ4v) is 1.55. The van der Waals surface area contributed by atoms with Gasteiger partial charge in [0, 0.05) is 6.04 Å². The van der Waals surface area contributed by atoms with Gasteiger partial charge < -0.3 is 19.8 Å². The molecule has 18 heavy (non-hydrogen) atoms. The van der Waals surface area contributed by atoms with Crippen LogP contribution in [0.3, 0.4) is 0 Å². The molecule has 0 amide bonds. The summed E-state index contributed by atoms with van der Waals surface area (Å²) in [5.74, 6) is 1.17. The molecule has 0 saturated carbocycles. The average molecular weight is 255 g/mol. The third-order valence-corrected chi connectivity index (χ3v) is 2.75. The van der Waals surface area contributed by atoms with Crippen LogP contribution in [0.2, 0.25) is 0 Å². The lowest BCUT2D eigenvalue weighted by Gasteiger charge is -2.22. The van der Waals surface area contributed by atoms with E-state index in [2.05, 4.69) is 0 Å². The van der Waals surface area contributed by atoms with Crippen molar-refractivity contribution in [1.82, 2.24) is 5.06 Å². The third-order valence-electron chi connectivity index (χ3n) is 2.75. The molecule has 0 bridgehead atoms. The maximum absolute atomic E-state index is 10.0. The molecule has 0 spiro atoms. The van der Waals surface area contributed by atoms with E-state index in [1.807, 2.05) is 13.8 Å². The summed E-state index contributed by atoms with van der Waals surface area (Å²) in [6, 6.07) is 5.14. The Labute approximate surface area is 108 Å². The summed E-state index contributed by atoms with van der Waals surface area (Å²) in [7, 11) is 3.10. The van der Waals surface area contributed by atoms with Crippen molar-refractivity contribution in [2.24, 2.45) is 0 Å². The molecule has 0 aromatic heterocycles. The van der Waals surface area contributed by atoms with Crippen LogP contribution >= 0.6 is 0 Å². The smallest absolute Gasteiger partial charge is 0.161 e. The molecule has 0 radical (unpaired) electrons. The lowest BCUT2D eigenvalue weighted by Crippen LogP contribution is -2.31. The molecule has 1 atom stereocenters. The van der Waals surface area contributed by atoms with E-state index < -0.39 is 6.10 Å². The van der Waals surface area contributed by atoms with Crippen molar-refractivity contribution in [3.05, 3.63) is 23.8 Å². The molecular weight excluding hydrogens is 234 g/mol. The Hall–Kier alpha value is -1.30. The van der Waals surface area contributed by atoms with E-state index in [4.69, 9.17) is 9.47 Å². The molecule has 0 aliphatic heterocycles. The second-order valence-electron chi connectivity index (χ2n) is 4.35. The zero-order valence-electron chi connectivity index (χ0n) is 11.3. The molecule has 5 heteroatoms.